The van der Waals surface area contributed by atoms with Crippen molar-refractivity contribution in [1.29, 1.82) is 0 Å². The molecule has 0 fully saturated rings. The van der Waals surface area contributed by atoms with Crippen LogP contribution in [0.15, 0.2) is 29.4 Å². The Kier molecular flexibility index (Phi) is 14.4. The van der Waals surface area contributed by atoms with Gasteiger partial charge in [-0.3, -0.25) is 9.59 Å². The number of hydrogen-bond acceptors (Lipinski definition) is 3. The molecule has 29 heavy (non-hydrogen) atoms. The molecule has 0 aromatic heterocycles. The summed E-state index contributed by atoms with van der Waals surface area (Å²) >= 11 is 0. The standard InChI is InChI=1S/C24H39N3O2/c1-3-4-5-6-7-8-9-10-11-12-13-14-23(28)25-20-24(29)27-26-19-22-17-15-21(2)16-18-22/h15-19H,3-14,20H2,1-2H3,(H,25,28)(H,27,29). The molecule has 5 nitrogen and oxygen atoms in total. The monoisotopic (exact) mass is 401 g/mol. The first-order valence-corrected chi connectivity index (χ1v) is 11.3. The topological polar surface area (TPSA) is 70.6 Å². The summed E-state index contributed by atoms with van der Waals surface area (Å²) < 4.78 is 0. The van der Waals surface area contributed by atoms with Gasteiger partial charge in [-0.2, -0.15) is 5.10 Å². The lowest BCUT2D eigenvalue weighted by Crippen LogP contribution is -2.34. The number of benzene rings is 1. The van der Waals surface area contributed by atoms with Crippen LogP contribution in [0.4, 0.5) is 0 Å². The molecule has 2 amide bonds. The summed E-state index contributed by atoms with van der Waals surface area (Å²) in [5.41, 5.74) is 4.51. The summed E-state index contributed by atoms with van der Waals surface area (Å²) in [6.45, 7) is 4.22. The average Bonchev–Trinajstić information content (AvgIpc) is 2.72. The molecule has 1 aromatic carbocycles. The molecule has 0 bridgehead atoms. The third kappa shape index (κ3) is 14.5. The number of amides is 2. The van der Waals surface area contributed by atoms with Gasteiger partial charge in [-0.05, 0) is 18.9 Å². The Morgan fingerprint density at radius 1 is 0.828 bits per heavy atom. The zero-order valence-electron chi connectivity index (χ0n) is 18.3. The van der Waals surface area contributed by atoms with E-state index in [1.54, 1.807) is 6.21 Å². The number of nitrogens with one attached hydrogen (secondary N) is 2. The van der Waals surface area contributed by atoms with Crippen LogP contribution in [-0.4, -0.2) is 24.6 Å². The van der Waals surface area contributed by atoms with Crippen molar-refractivity contribution in [3.8, 4) is 0 Å². The first-order chi connectivity index (χ1) is 14.1. The van der Waals surface area contributed by atoms with Crippen LogP contribution in [0.5, 0.6) is 0 Å². The van der Waals surface area contributed by atoms with Crippen LogP contribution in [0.3, 0.4) is 0 Å². The van der Waals surface area contributed by atoms with E-state index in [0.717, 1.165) is 18.4 Å². The van der Waals surface area contributed by atoms with Gasteiger partial charge in [0.2, 0.25) is 5.91 Å². The molecule has 0 aliphatic heterocycles. The van der Waals surface area contributed by atoms with Crippen LogP contribution in [0, 0.1) is 6.92 Å². The van der Waals surface area contributed by atoms with Gasteiger partial charge in [-0.15, -0.1) is 0 Å². The molecular formula is C24H39N3O2. The molecule has 1 aromatic rings. The maximum Gasteiger partial charge on any atom is 0.259 e. The summed E-state index contributed by atoms with van der Waals surface area (Å²) in [7, 11) is 0. The van der Waals surface area contributed by atoms with Crippen molar-refractivity contribution in [2.75, 3.05) is 6.54 Å². The molecule has 1 rings (SSSR count). The van der Waals surface area contributed by atoms with Crippen molar-refractivity contribution in [1.82, 2.24) is 10.7 Å². The van der Waals surface area contributed by atoms with E-state index in [0.29, 0.717) is 6.42 Å². The predicted octanol–water partition coefficient (Wildman–Crippen LogP) is 5.26. The van der Waals surface area contributed by atoms with E-state index in [4.69, 9.17) is 0 Å². The van der Waals surface area contributed by atoms with Gasteiger partial charge in [0.15, 0.2) is 0 Å². The molecule has 5 heteroatoms. The molecule has 0 aliphatic carbocycles. The molecule has 2 N–H and O–H groups in total. The fraction of sp³-hybridized carbons (Fsp3) is 0.625. The van der Waals surface area contributed by atoms with Gasteiger partial charge in [0, 0.05) is 6.42 Å². The third-order valence-corrected chi connectivity index (χ3v) is 4.93. The van der Waals surface area contributed by atoms with Gasteiger partial charge < -0.3 is 5.32 Å². The summed E-state index contributed by atoms with van der Waals surface area (Å²) in [4.78, 5) is 23.5. The summed E-state index contributed by atoms with van der Waals surface area (Å²) in [5.74, 6) is -0.390. The summed E-state index contributed by atoms with van der Waals surface area (Å²) in [6.07, 6.45) is 15.9. The van der Waals surface area contributed by atoms with E-state index >= 15 is 0 Å². The van der Waals surface area contributed by atoms with Crippen molar-refractivity contribution >= 4 is 18.0 Å². The lowest BCUT2D eigenvalue weighted by molar-refractivity contribution is -0.126. The third-order valence-electron chi connectivity index (χ3n) is 4.93. The SMILES string of the molecule is CCCCCCCCCCCCCC(=O)NCC(=O)NN=Cc1ccc(C)cc1. The molecule has 0 spiro atoms. The fourth-order valence-corrected chi connectivity index (χ4v) is 3.09. The first kappa shape index (κ1) is 24.9. The number of carbonyl (C=O) groups is 2. The smallest absolute Gasteiger partial charge is 0.259 e. The van der Waals surface area contributed by atoms with Crippen molar-refractivity contribution < 1.29 is 9.59 Å². The Hall–Kier alpha value is -2.17. The maximum atomic E-state index is 11.8. The van der Waals surface area contributed by atoms with Gasteiger partial charge in [-0.25, -0.2) is 5.43 Å². The Morgan fingerprint density at radius 3 is 1.97 bits per heavy atom. The van der Waals surface area contributed by atoms with Gasteiger partial charge in [-0.1, -0.05) is 101 Å². The van der Waals surface area contributed by atoms with Crippen molar-refractivity contribution in [3.63, 3.8) is 0 Å². The van der Waals surface area contributed by atoms with Crippen LogP contribution < -0.4 is 10.7 Å². The predicted molar refractivity (Wildman–Crippen MR) is 121 cm³/mol. The lowest BCUT2D eigenvalue weighted by atomic mass is 10.1. The number of carbonyl (C=O) groups excluding carboxylic acids is 2. The minimum atomic E-state index is -0.319. The van der Waals surface area contributed by atoms with Crippen LogP contribution >= 0.6 is 0 Å². The molecule has 162 valence electrons. The highest BCUT2D eigenvalue weighted by Gasteiger charge is 2.04. The Bertz CT molecular complexity index is 597. The zero-order valence-corrected chi connectivity index (χ0v) is 18.3. The fourth-order valence-electron chi connectivity index (χ4n) is 3.09. The quantitative estimate of drug-likeness (QED) is 0.225. The molecule has 0 unspecified atom stereocenters. The first-order valence-electron chi connectivity index (χ1n) is 11.3. The zero-order chi connectivity index (χ0) is 21.2. The van der Waals surface area contributed by atoms with Gasteiger partial charge >= 0.3 is 0 Å². The summed E-state index contributed by atoms with van der Waals surface area (Å²) in [5, 5.41) is 6.55. The number of rotatable bonds is 16. The van der Waals surface area contributed by atoms with Gasteiger partial charge in [0.1, 0.15) is 0 Å². The largest absolute Gasteiger partial charge is 0.347 e. The second kappa shape index (κ2) is 16.8. The van der Waals surface area contributed by atoms with Crippen LogP contribution in [0.25, 0.3) is 0 Å². The number of hydrazone groups is 1. The number of unbranched alkanes of at least 4 members (excludes halogenated alkanes) is 10. The Balaban J connectivity index is 1.95. The van der Waals surface area contributed by atoms with Crippen LogP contribution in [0.1, 0.15) is 95.1 Å². The van der Waals surface area contributed by atoms with E-state index in [-0.39, 0.29) is 18.4 Å². The molecular weight excluding hydrogens is 362 g/mol. The van der Waals surface area contributed by atoms with E-state index in [9.17, 15) is 9.59 Å². The number of aryl methyl sites for hydroxylation is 1. The van der Waals surface area contributed by atoms with E-state index in [2.05, 4.69) is 22.8 Å². The second-order valence-corrected chi connectivity index (χ2v) is 7.77. The molecule has 0 saturated heterocycles. The Morgan fingerprint density at radius 2 is 1.38 bits per heavy atom. The van der Waals surface area contributed by atoms with Gasteiger partial charge in [0.25, 0.3) is 5.91 Å². The second-order valence-electron chi connectivity index (χ2n) is 7.77. The highest BCUT2D eigenvalue weighted by molar-refractivity contribution is 5.86. The van der Waals surface area contributed by atoms with E-state index in [1.807, 2.05) is 31.2 Å². The molecule has 0 radical (unpaired) electrons. The van der Waals surface area contributed by atoms with E-state index < -0.39 is 0 Å². The van der Waals surface area contributed by atoms with Crippen LogP contribution in [0.2, 0.25) is 0 Å². The average molecular weight is 402 g/mol. The van der Waals surface area contributed by atoms with Gasteiger partial charge in [0.05, 0.1) is 12.8 Å². The van der Waals surface area contributed by atoms with Crippen molar-refractivity contribution in [3.05, 3.63) is 35.4 Å². The molecule has 0 heterocycles. The van der Waals surface area contributed by atoms with Crippen LogP contribution in [-0.2, 0) is 9.59 Å². The minimum absolute atomic E-state index is 0.0396. The highest BCUT2D eigenvalue weighted by atomic mass is 16.2. The Labute approximate surface area is 176 Å². The lowest BCUT2D eigenvalue weighted by Gasteiger charge is -2.05. The highest BCUT2D eigenvalue weighted by Crippen LogP contribution is 2.11. The normalized spacial score (nSPS) is 11.0. The summed E-state index contributed by atoms with van der Waals surface area (Å²) in [6, 6.07) is 7.83. The number of hydrogen-bond donors (Lipinski definition) is 2. The molecule has 0 atom stereocenters. The minimum Gasteiger partial charge on any atom is -0.347 e. The molecule has 0 aliphatic rings. The van der Waals surface area contributed by atoms with Crippen molar-refractivity contribution in [2.24, 2.45) is 5.10 Å². The molecule has 0 saturated carbocycles. The number of nitrogens with zero attached hydrogens (tertiary/aromatic N) is 1. The van der Waals surface area contributed by atoms with Crippen molar-refractivity contribution in [2.45, 2.75) is 90.9 Å². The maximum absolute atomic E-state index is 11.8. The van der Waals surface area contributed by atoms with E-state index in [1.165, 1.54) is 63.4 Å².